The van der Waals surface area contributed by atoms with Gasteiger partial charge in [-0.15, -0.1) is 0 Å². The third-order valence-corrected chi connectivity index (χ3v) is 2.61. The van der Waals surface area contributed by atoms with Crippen molar-refractivity contribution in [1.82, 2.24) is 0 Å². The summed E-state index contributed by atoms with van der Waals surface area (Å²) >= 11 is 0. The van der Waals surface area contributed by atoms with Crippen LogP contribution in [0.4, 0.5) is 5.69 Å². The van der Waals surface area contributed by atoms with Crippen molar-refractivity contribution < 1.29 is 4.92 Å². The van der Waals surface area contributed by atoms with E-state index < -0.39 is 0 Å². The molecule has 0 heterocycles. The van der Waals surface area contributed by atoms with Gasteiger partial charge >= 0.3 is 0 Å². The maximum absolute atomic E-state index is 10.5. The fourth-order valence-corrected chi connectivity index (χ4v) is 1.62. The molecule has 0 saturated heterocycles. The predicted molar refractivity (Wildman–Crippen MR) is 64.0 cm³/mol. The number of hydrogen-bond donors (Lipinski definition) is 0. The Hall–Kier alpha value is -2.16. The van der Waals surface area contributed by atoms with Crippen molar-refractivity contribution in [2.75, 3.05) is 0 Å². The molecule has 3 nitrogen and oxygen atoms in total. The first-order valence-electron chi connectivity index (χ1n) is 4.99. The second-order valence-electron chi connectivity index (χ2n) is 3.60. The molecule has 1 aromatic rings. The number of nitrogens with zero attached hydrogens (tertiary/aromatic N) is 1. The molecular weight excluding hydrogens is 202 g/mol. The van der Waals surface area contributed by atoms with Gasteiger partial charge in [-0.2, -0.15) is 0 Å². The van der Waals surface area contributed by atoms with Crippen LogP contribution in [0.15, 0.2) is 54.1 Å². The molecule has 1 aromatic carbocycles. The highest BCUT2D eigenvalue weighted by molar-refractivity contribution is 5.73. The van der Waals surface area contributed by atoms with Gasteiger partial charge in [-0.05, 0) is 35.8 Å². The van der Waals surface area contributed by atoms with Crippen LogP contribution in [0.5, 0.6) is 0 Å². The minimum absolute atomic E-state index is 0.124. The molecule has 0 amide bonds. The van der Waals surface area contributed by atoms with Crippen molar-refractivity contribution in [3.63, 3.8) is 0 Å². The van der Waals surface area contributed by atoms with Crippen LogP contribution in [-0.2, 0) is 0 Å². The van der Waals surface area contributed by atoms with E-state index in [1.54, 1.807) is 12.1 Å². The van der Waals surface area contributed by atoms with E-state index in [0.717, 1.165) is 16.7 Å². The van der Waals surface area contributed by atoms with Crippen LogP contribution < -0.4 is 0 Å². The van der Waals surface area contributed by atoms with Crippen LogP contribution in [0.3, 0.4) is 0 Å². The van der Waals surface area contributed by atoms with Crippen molar-refractivity contribution in [3.05, 3.63) is 69.8 Å². The summed E-state index contributed by atoms with van der Waals surface area (Å²) in [7, 11) is 0. The zero-order valence-corrected chi connectivity index (χ0v) is 8.88. The van der Waals surface area contributed by atoms with E-state index in [4.69, 9.17) is 0 Å². The molecule has 16 heavy (non-hydrogen) atoms. The van der Waals surface area contributed by atoms with Gasteiger partial charge in [0.2, 0.25) is 0 Å². The summed E-state index contributed by atoms with van der Waals surface area (Å²) in [5, 5.41) is 10.5. The molecule has 0 fully saturated rings. The average molecular weight is 213 g/mol. The highest BCUT2D eigenvalue weighted by Gasteiger charge is 2.06. The molecule has 0 spiro atoms. The van der Waals surface area contributed by atoms with Crippen LogP contribution >= 0.6 is 0 Å². The average Bonchev–Trinajstić information content (AvgIpc) is 2.81. The number of rotatable bonds is 2. The number of hydrogen-bond acceptors (Lipinski definition) is 2. The number of nitro benzene ring substituents is 1. The maximum atomic E-state index is 10.5. The van der Waals surface area contributed by atoms with Crippen molar-refractivity contribution in [2.24, 2.45) is 0 Å². The summed E-state index contributed by atoms with van der Waals surface area (Å²) in [6, 6.07) is 6.62. The van der Waals surface area contributed by atoms with Gasteiger partial charge in [-0.3, -0.25) is 10.1 Å². The summed E-state index contributed by atoms with van der Waals surface area (Å²) in [5.74, 6) is 0. The number of non-ortho nitro benzene ring substituents is 1. The highest BCUT2D eigenvalue weighted by atomic mass is 16.6. The van der Waals surface area contributed by atoms with E-state index >= 15 is 0 Å². The Labute approximate surface area is 93.6 Å². The molecule has 0 saturated carbocycles. The normalized spacial score (nSPS) is 13.2. The Balaban J connectivity index is 2.35. The summed E-state index contributed by atoms with van der Waals surface area (Å²) in [5.41, 5.74) is 3.41. The Morgan fingerprint density at radius 1 is 1.12 bits per heavy atom. The predicted octanol–water partition coefficient (Wildman–Crippen LogP) is 3.49. The van der Waals surface area contributed by atoms with Gasteiger partial charge in [0.1, 0.15) is 0 Å². The van der Waals surface area contributed by atoms with E-state index in [-0.39, 0.29) is 10.6 Å². The molecule has 0 N–H and O–H groups in total. The summed E-state index contributed by atoms with van der Waals surface area (Å²) in [4.78, 5) is 10.1. The Bertz CT molecular complexity index is 493. The fraction of sp³-hybridized carbons (Fsp3) is 0.0769. The van der Waals surface area contributed by atoms with Gasteiger partial charge in [0.25, 0.3) is 5.69 Å². The molecule has 1 aliphatic rings. The lowest BCUT2D eigenvalue weighted by molar-refractivity contribution is -0.384. The first-order chi connectivity index (χ1) is 7.68. The molecule has 0 aliphatic heterocycles. The van der Waals surface area contributed by atoms with Crippen molar-refractivity contribution >= 4 is 11.3 Å². The lowest BCUT2D eigenvalue weighted by Crippen LogP contribution is -1.88. The van der Waals surface area contributed by atoms with Crippen molar-refractivity contribution in [1.29, 1.82) is 0 Å². The second-order valence-corrected chi connectivity index (χ2v) is 3.60. The molecule has 2 rings (SSSR count). The second kappa shape index (κ2) is 4.14. The van der Waals surface area contributed by atoms with Gasteiger partial charge in [-0.25, -0.2) is 0 Å². The van der Waals surface area contributed by atoms with E-state index in [9.17, 15) is 10.1 Å². The largest absolute Gasteiger partial charge is 0.269 e. The lowest BCUT2D eigenvalue weighted by atomic mass is 10.0. The zero-order chi connectivity index (χ0) is 11.5. The number of nitro groups is 1. The monoisotopic (exact) mass is 213 g/mol. The van der Waals surface area contributed by atoms with Gasteiger partial charge in [0, 0.05) is 12.1 Å². The maximum Gasteiger partial charge on any atom is 0.269 e. The fourth-order valence-electron chi connectivity index (χ4n) is 1.62. The SMILES string of the molecule is CC(=C1C=CC=C1)c1ccc([N+](=O)[O-])cc1. The number of allylic oxidation sites excluding steroid dienone is 6. The van der Waals surface area contributed by atoms with E-state index in [0.29, 0.717) is 0 Å². The van der Waals surface area contributed by atoms with Crippen LogP contribution in [0.2, 0.25) is 0 Å². The molecule has 0 radical (unpaired) electrons. The Morgan fingerprint density at radius 3 is 2.19 bits per heavy atom. The van der Waals surface area contributed by atoms with Crippen LogP contribution in [0.25, 0.3) is 5.57 Å². The third-order valence-electron chi connectivity index (χ3n) is 2.61. The van der Waals surface area contributed by atoms with Gasteiger partial charge in [0.15, 0.2) is 0 Å². The zero-order valence-electron chi connectivity index (χ0n) is 8.88. The van der Waals surface area contributed by atoms with Gasteiger partial charge in [0.05, 0.1) is 4.92 Å². The molecule has 0 aromatic heterocycles. The summed E-state index contributed by atoms with van der Waals surface area (Å²) in [6.45, 7) is 2.01. The Kier molecular flexibility index (Phi) is 2.68. The number of benzene rings is 1. The van der Waals surface area contributed by atoms with Gasteiger partial charge < -0.3 is 0 Å². The minimum Gasteiger partial charge on any atom is -0.258 e. The molecule has 1 aliphatic carbocycles. The minimum atomic E-state index is -0.387. The third kappa shape index (κ3) is 1.93. The van der Waals surface area contributed by atoms with Crippen LogP contribution in [-0.4, -0.2) is 4.92 Å². The summed E-state index contributed by atoms with van der Waals surface area (Å²) < 4.78 is 0. The Morgan fingerprint density at radius 2 is 1.69 bits per heavy atom. The van der Waals surface area contributed by atoms with Crippen LogP contribution in [0, 0.1) is 10.1 Å². The highest BCUT2D eigenvalue weighted by Crippen LogP contribution is 2.24. The molecule has 0 atom stereocenters. The van der Waals surface area contributed by atoms with E-state index in [2.05, 4.69) is 0 Å². The lowest BCUT2D eigenvalue weighted by Gasteiger charge is -2.03. The molecule has 3 heteroatoms. The molecule has 80 valence electrons. The quantitative estimate of drug-likeness (QED) is 0.557. The molecular formula is C13H11NO2. The molecule has 0 unspecified atom stereocenters. The van der Waals surface area contributed by atoms with Crippen molar-refractivity contribution in [3.8, 4) is 0 Å². The first-order valence-corrected chi connectivity index (χ1v) is 4.99. The first kappa shape index (κ1) is 10.4. The smallest absolute Gasteiger partial charge is 0.258 e. The van der Waals surface area contributed by atoms with E-state index in [1.165, 1.54) is 12.1 Å². The van der Waals surface area contributed by atoms with Gasteiger partial charge in [-0.1, -0.05) is 24.3 Å². The standard InChI is InChI=1S/C13H11NO2/c1-10(11-4-2-3-5-11)12-6-8-13(9-7-12)14(15)16/h2-9H,1H3. The topological polar surface area (TPSA) is 43.1 Å². The van der Waals surface area contributed by atoms with Crippen LogP contribution in [0.1, 0.15) is 12.5 Å². The summed E-state index contributed by atoms with van der Waals surface area (Å²) in [6.07, 6.45) is 8.00. The van der Waals surface area contributed by atoms with E-state index in [1.807, 2.05) is 31.2 Å². The molecule has 0 bridgehead atoms. The van der Waals surface area contributed by atoms with Crippen molar-refractivity contribution in [2.45, 2.75) is 6.92 Å².